The van der Waals surface area contributed by atoms with Gasteiger partial charge in [0, 0.05) is 6.21 Å². The first-order valence-electron chi connectivity index (χ1n) is 4.94. The van der Waals surface area contributed by atoms with E-state index in [1.54, 1.807) is 6.21 Å². The average molecular weight is 208 g/mol. The molecule has 4 heteroatoms. The molecule has 0 aromatic carbocycles. The summed E-state index contributed by atoms with van der Waals surface area (Å²) < 4.78 is 0. The second kappa shape index (κ2) is 7.79. The molecule has 0 saturated carbocycles. The Bertz CT molecular complexity index is 283. The van der Waals surface area contributed by atoms with E-state index in [4.69, 9.17) is 11.1 Å². The number of allylic oxidation sites excluding steroid dienone is 4. The van der Waals surface area contributed by atoms with E-state index in [0.29, 0.717) is 0 Å². The zero-order valence-corrected chi connectivity index (χ0v) is 9.67. The van der Waals surface area contributed by atoms with Crippen molar-refractivity contribution in [3.05, 3.63) is 23.3 Å². The normalized spacial score (nSPS) is 11.5. The van der Waals surface area contributed by atoms with Crippen molar-refractivity contribution >= 4 is 12.2 Å². The maximum Gasteiger partial charge on any atom is 0.206 e. The lowest BCUT2D eigenvalue weighted by Crippen LogP contribution is -2.25. The molecule has 15 heavy (non-hydrogen) atoms. The summed E-state index contributed by atoms with van der Waals surface area (Å²) in [6.45, 7) is 6.24. The first kappa shape index (κ1) is 13.4. The van der Waals surface area contributed by atoms with Crippen LogP contribution in [0, 0.1) is 5.41 Å². The zero-order chi connectivity index (χ0) is 11.7. The summed E-state index contributed by atoms with van der Waals surface area (Å²) >= 11 is 0. The minimum Gasteiger partial charge on any atom is -0.369 e. The number of nitrogens with two attached hydrogens (primary N) is 1. The number of nitrogens with zero attached hydrogens (tertiary/aromatic N) is 1. The number of hydrogen-bond acceptors (Lipinski definition) is 2. The number of rotatable bonds is 5. The van der Waals surface area contributed by atoms with E-state index >= 15 is 0 Å². The smallest absolute Gasteiger partial charge is 0.206 e. The van der Waals surface area contributed by atoms with Gasteiger partial charge in [-0.05, 0) is 39.7 Å². The van der Waals surface area contributed by atoms with Gasteiger partial charge in [-0.15, -0.1) is 0 Å². The second-order valence-corrected chi connectivity index (χ2v) is 3.64. The van der Waals surface area contributed by atoms with Crippen LogP contribution in [-0.4, -0.2) is 12.2 Å². The van der Waals surface area contributed by atoms with Crippen molar-refractivity contribution in [1.82, 2.24) is 5.43 Å². The van der Waals surface area contributed by atoms with Gasteiger partial charge in [-0.3, -0.25) is 5.41 Å². The molecule has 0 heterocycles. The number of guanidine groups is 1. The molecule has 4 N–H and O–H groups in total. The molecule has 0 aromatic heterocycles. The largest absolute Gasteiger partial charge is 0.369 e. The van der Waals surface area contributed by atoms with Crippen LogP contribution < -0.4 is 11.2 Å². The van der Waals surface area contributed by atoms with Crippen LogP contribution >= 0.6 is 0 Å². The maximum absolute atomic E-state index is 6.86. The summed E-state index contributed by atoms with van der Waals surface area (Å²) in [6.07, 6.45) is 7.81. The highest BCUT2D eigenvalue weighted by molar-refractivity contribution is 5.77. The van der Waals surface area contributed by atoms with Crippen LogP contribution in [0.25, 0.3) is 0 Å². The lowest BCUT2D eigenvalue weighted by atomic mass is 10.1. The van der Waals surface area contributed by atoms with Gasteiger partial charge in [-0.2, -0.15) is 5.10 Å². The summed E-state index contributed by atoms with van der Waals surface area (Å²) in [4.78, 5) is 0. The van der Waals surface area contributed by atoms with E-state index in [2.05, 4.69) is 37.4 Å². The first-order chi connectivity index (χ1) is 7.02. The van der Waals surface area contributed by atoms with Crippen LogP contribution in [-0.2, 0) is 0 Å². The van der Waals surface area contributed by atoms with Crippen LogP contribution in [0.1, 0.15) is 33.6 Å². The van der Waals surface area contributed by atoms with Gasteiger partial charge in [0.25, 0.3) is 0 Å². The molecule has 0 aliphatic rings. The van der Waals surface area contributed by atoms with E-state index in [9.17, 15) is 0 Å². The molecular formula is C11H20N4. The van der Waals surface area contributed by atoms with Crippen molar-refractivity contribution < 1.29 is 0 Å². The fraction of sp³-hybridized carbons (Fsp3) is 0.455. The van der Waals surface area contributed by atoms with Gasteiger partial charge in [-0.1, -0.05) is 17.2 Å². The fourth-order valence-corrected chi connectivity index (χ4v) is 0.943. The van der Waals surface area contributed by atoms with E-state index in [1.807, 2.05) is 6.08 Å². The molecule has 0 aliphatic carbocycles. The summed E-state index contributed by atoms with van der Waals surface area (Å²) in [5, 5.41) is 10.6. The van der Waals surface area contributed by atoms with Crippen LogP contribution in [0.5, 0.6) is 0 Å². The average Bonchev–Trinajstić information content (AvgIpc) is 2.11. The molecule has 0 spiro atoms. The fourth-order valence-electron chi connectivity index (χ4n) is 0.943. The predicted octanol–water partition coefficient (Wildman–Crippen LogP) is 2.15. The summed E-state index contributed by atoms with van der Waals surface area (Å²) in [5.74, 6) is -0.151. The Morgan fingerprint density at radius 3 is 2.60 bits per heavy atom. The molecule has 84 valence electrons. The Hall–Kier alpha value is -1.58. The van der Waals surface area contributed by atoms with Crippen LogP contribution in [0.3, 0.4) is 0 Å². The molecule has 0 aromatic rings. The number of nitrogens with one attached hydrogen (secondary N) is 2. The van der Waals surface area contributed by atoms with Gasteiger partial charge in [0.2, 0.25) is 5.96 Å². The Labute approximate surface area is 91.5 Å². The molecule has 0 bridgehead atoms. The summed E-state index contributed by atoms with van der Waals surface area (Å²) in [6, 6.07) is 0. The Balaban J connectivity index is 3.84. The number of hydrazone groups is 1. The lowest BCUT2D eigenvalue weighted by Gasteiger charge is -1.96. The van der Waals surface area contributed by atoms with Gasteiger partial charge in [0.15, 0.2) is 0 Å². The number of hydrogen-bond donors (Lipinski definition) is 3. The van der Waals surface area contributed by atoms with Crippen molar-refractivity contribution in [2.75, 3.05) is 0 Å². The van der Waals surface area contributed by atoms with Gasteiger partial charge < -0.3 is 5.73 Å². The van der Waals surface area contributed by atoms with Gasteiger partial charge in [0.05, 0.1) is 0 Å². The molecule has 0 rings (SSSR count). The van der Waals surface area contributed by atoms with Crippen molar-refractivity contribution in [2.45, 2.75) is 33.6 Å². The van der Waals surface area contributed by atoms with E-state index in [-0.39, 0.29) is 5.96 Å². The second-order valence-electron chi connectivity index (χ2n) is 3.64. The zero-order valence-electron chi connectivity index (χ0n) is 9.67. The molecule has 0 unspecified atom stereocenters. The highest BCUT2D eigenvalue weighted by atomic mass is 15.3. The standard InChI is InChI=1S/C11H20N4/c1-9(2)5-4-6-10(3)7-8-14-15-11(12)13/h5,7-8H,4,6H2,1-3H3,(H4,12,13,15)/b10-7+,14-8+. The van der Waals surface area contributed by atoms with Crippen molar-refractivity contribution in [3.63, 3.8) is 0 Å². The Morgan fingerprint density at radius 1 is 1.40 bits per heavy atom. The molecule has 4 nitrogen and oxygen atoms in total. The van der Waals surface area contributed by atoms with Crippen molar-refractivity contribution in [1.29, 1.82) is 5.41 Å². The Morgan fingerprint density at radius 2 is 2.07 bits per heavy atom. The highest BCUT2D eigenvalue weighted by Crippen LogP contribution is 2.05. The van der Waals surface area contributed by atoms with E-state index < -0.39 is 0 Å². The minimum absolute atomic E-state index is 0.151. The van der Waals surface area contributed by atoms with E-state index in [0.717, 1.165) is 12.8 Å². The van der Waals surface area contributed by atoms with Crippen LogP contribution in [0.15, 0.2) is 28.4 Å². The molecule has 0 aliphatic heterocycles. The minimum atomic E-state index is -0.151. The molecular weight excluding hydrogens is 188 g/mol. The Kier molecular flexibility index (Phi) is 6.97. The van der Waals surface area contributed by atoms with Crippen molar-refractivity contribution in [3.8, 4) is 0 Å². The maximum atomic E-state index is 6.86. The van der Waals surface area contributed by atoms with Crippen LogP contribution in [0.4, 0.5) is 0 Å². The first-order valence-corrected chi connectivity index (χ1v) is 4.94. The van der Waals surface area contributed by atoms with Crippen molar-refractivity contribution in [2.24, 2.45) is 10.8 Å². The molecule has 0 radical (unpaired) electrons. The molecule has 0 fully saturated rings. The topological polar surface area (TPSA) is 74.3 Å². The molecule has 0 atom stereocenters. The third kappa shape index (κ3) is 10.3. The molecule has 0 amide bonds. The third-order valence-electron chi connectivity index (χ3n) is 1.71. The van der Waals surface area contributed by atoms with Gasteiger partial charge in [0.1, 0.15) is 0 Å². The quantitative estimate of drug-likeness (QED) is 0.280. The van der Waals surface area contributed by atoms with E-state index in [1.165, 1.54) is 11.1 Å². The predicted molar refractivity (Wildman–Crippen MR) is 66.0 cm³/mol. The molecule has 0 saturated heterocycles. The lowest BCUT2D eigenvalue weighted by molar-refractivity contribution is 0.966. The summed E-state index contributed by atoms with van der Waals surface area (Å²) in [5.41, 5.74) is 10.00. The third-order valence-corrected chi connectivity index (χ3v) is 1.71. The van der Waals surface area contributed by atoms with Gasteiger partial charge >= 0.3 is 0 Å². The van der Waals surface area contributed by atoms with Gasteiger partial charge in [-0.25, -0.2) is 5.43 Å². The monoisotopic (exact) mass is 208 g/mol. The SMILES string of the molecule is CC(C)=CCC/C(C)=C/C=N/NC(=N)N. The summed E-state index contributed by atoms with van der Waals surface area (Å²) in [7, 11) is 0. The highest BCUT2D eigenvalue weighted by Gasteiger charge is 1.87. The van der Waals surface area contributed by atoms with Crippen LogP contribution in [0.2, 0.25) is 0 Å².